The molecule has 0 radical (unpaired) electrons. The van der Waals surface area contributed by atoms with E-state index < -0.39 is 78.4 Å². The van der Waals surface area contributed by atoms with Crippen LogP contribution in [0.15, 0.2) is 0 Å². The molecule has 16 nitrogen and oxygen atoms in total. The number of unbranched alkanes of at least 4 members (excludes halogenated alkanes) is 1. The Labute approximate surface area is 201 Å². The molecule has 0 aromatic rings. The summed E-state index contributed by atoms with van der Waals surface area (Å²) >= 11 is 0. The van der Waals surface area contributed by atoms with E-state index in [9.17, 15) is 38.7 Å². The maximum atomic E-state index is 12.8. The number of primary amides is 3. The lowest BCUT2D eigenvalue weighted by molar-refractivity contribution is -0.144. The normalized spacial score (nSPS) is 14.0. The summed E-state index contributed by atoms with van der Waals surface area (Å²) in [6.07, 6.45) is -0.794. The lowest BCUT2D eigenvalue weighted by Gasteiger charge is -2.24. The highest BCUT2D eigenvalue weighted by atomic mass is 16.4. The fourth-order valence-electron chi connectivity index (χ4n) is 2.83. The number of carboxylic acids is 1. The Morgan fingerprint density at radius 1 is 0.657 bits per heavy atom. The van der Waals surface area contributed by atoms with Gasteiger partial charge in [-0.25, -0.2) is 4.79 Å². The molecule has 198 valence electrons. The highest BCUT2D eigenvalue weighted by molar-refractivity contribution is 5.96. The second kappa shape index (κ2) is 15.9. The fraction of sp³-hybridized carbons (Fsp3) is 0.632. The summed E-state index contributed by atoms with van der Waals surface area (Å²) in [4.78, 5) is 82.5. The molecule has 0 heterocycles. The molecule has 14 N–H and O–H groups in total. The van der Waals surface area contributed by atoms with Crippen LogP contribution >= 0.6 is 0 Å². The van der Waals surface area contributed by atoms with Crippen LogP contribution in [-0.4, -0.2) is 77.2 Å². The summed E-state index contributed by atoms with van der Waals surface area (Å²) < 4.78 is 0. The average molecular weight is 503 g/mol. The third kappa shape index (κ3) is 13.5. The first-order valence-corrected chi connectivity index (χ1v) is 10.7. The second-order valence-electron chi connectivity index (χ2n) is 7.76. The van der Waals surface area contributed by atoms with Gasteiger partial charge in [0.2, 0.25) is 35.4 Å². The summed E-state index contributed by atoms with van der Waals surface area (Å²) in [5, 5.41) is 15.9. The third-order valence-electron chi connectivity index (χ3n) is 4.68. The quantitative estimate of drug-likeness (QED) is 0.0803. The first kappa shape index (κ1) is 31.2. The van der Waals surface area contributed by atoms with Gasteiger partial charge in [0, 0.05) is 6.42 Å². The minimum atomic E-state index is -1.64. The molecule has 6 amide bonds. The number of nitrogens with one attached hydrogen (secondary N) is 3. The van der Waals surface area contributed by atoms with Crippen molar-refractivity contribution in [2.24, 2.45) is 28.7 Å². The van der Waals surface area contributed by atoms with Crippen LogP contribution in [0.25, 0.3) is 0 Å². The van der Waals surface area contributed by atoms with E-state index in [1.807, 2.05) is 0 Å². The van der Waals surface area contributed by atoms with Crippen LogP contribution in [0.3, 0.4) is 0 Å². The van der Waals surface area contributed by atoms with Crippen molar-refractivity contribution in [3.63, 3.8) is 0 Å². The molecule has 0 spiro atoms. The van der Waals surface area contributed by atoms with Gasteiger partial charge in [-0.1, -0.05) is 0 Å². The van der Waals surface area contributed by atoms with Gasteiger partial charge in [-0.15, -0.1) is 0 Å². The largest absolute Gasteiger partial charge is 0.480 e. The van der Waals surface area contributed by atoms with E-state index in [-0.39, 0.29) is 25.8 Å². The number of aliphatic carboxylic acids is 1. The number of nitrogens with two attached hydrogens (primary N) is 5. The summed E-state index contributed by atoms with van der Waals surface area (Å²) in [5.74, 6) is -6.93. The van der Waals surface area contributed by atoms with Gasteiger partial charge in [0.25, 0.3) is 0 Å². The van der Waals surface area contributed by atoms with E-state index in [1.54, 1.807) is 0 Å². The number of hydrogen-bond donors (Lipinski definition) is 9. The molecule has 0 aliphatic heterocycles. The minimum Gasteiger partial charge on any atom is -0.480 e. The van der Waals surface area contributed by atoms with Crippen molar-refractivity contribution >= 4 is 41.4 Å². The molecule has 4 unspecified atom stereocenters. The molecule has 0 saturated carbocycles. The molecule has 0 aliphatic rings. The predicted octanol–water partition coefficient (Wildman–Crippen LogP) is -5.00. The number of rotatable bonds is 18. The van der Waals surface area contributed by atoms with Crippen molar-refractivity contribution in [2.75, 3.05) is 6.54 Å². The Hall–Kier alpha value is -3.79. The van der Waals surface area contributed by atoms with Crippen LogP contribution in [-0.2, 0) is 33.6 Å². The lowest BCUT2D eigenvalue weighted by atomic mass is 10.1. The molecule has 0 aliphatic carbocycles. The van der Waals surface area contributed by atoms with Crippen molar-refractivity contribution < 1.29 is 38.7 Å². The summed E-state index contributed by atoms with van der Waals surface area (Å²) in [5.41, 5.74) is 26.3. The van der Waals surface area contributed by atoms with Gasteiger partial charge in [0.15, 0.2) is 0 Å². The summed E-state index contributed by atoms with van der Waals surface area (Å²) in [6.45, 7) is 0.283. The summed E-state index contributed by atoms with van der Waals surface area (Å²) in [6, 6.07) is -5.69. The topological polar surface area (TPSA) is 306 Å². The number of carbonyl (C=O) groups is 7. The van der Waals surface area contributed by atoms with Gasteiger partial charge >= 0.3 is 5.97 Å². The predicted molar refractivity (Wildman–Crippen MR) is 120 cm³/mol. The zero-order chi connectivity index (χ0) is 27.1. The highest BCUT2D eigenvalue weighted by Gasteiger charge is 2.31. The number of amides is 6. The number of carbonyl (C=O) groups excluding carboxylic acids is 6. The molecule has 0 fully saturated rings. The zero-order valence-electron chi connectivity index (χ0n) is 19.2. The molecule has 4 atom stereocenters. The standard InChI is InChI=1S/C19H34N8O8/c20-6-2-1-3-10(17(32)27-12(19(34)35)8-15(24)30)25-18(33)11(7-14(23)29)26-16(31)9(21)4-5-13(22)28/h9-12H,1-8,20-21H2,(H2,22,28)(H2,23,29)(H2,24,30)(H,25,33)(H,26,31)(H,27,32)(H,34,35). The average Bonchev–Trinajstić information content (AvgIpc) is 2.74. The van der Waals surface area contributed by atoms with Crippen LogP contribution in [0.5, 0.6) is 0 Å². The Balaban J connectivity index is 5.53. The third-order valence-corrected chi connectivity index (χ3v) is 4.68. The number of hydrogen-bond acceptors (Lipinski definition) is 9. The Morgan fingerprint density at radius 3 is 1.63 bits per heavy atom. The molecule has 16 heteroatoms. The Morgan fingerprint density at radius 2 is 1.14 bits per heavy atom. The van der Waals surface area contributed by atoms with Crippen LogP contribution in [0.1, 0.15) is 44.9 Å². The number of carboxylic acid groups (broad SMARTS) is 1. The van der Waals surface area contributed by atoms with Crippen molar-refractivity contribution in [3.8, 4) is 0 Å². The molecule has 35 heavy (non-hydrogen) atoms. The minimum absolute atomic E-state index is 0.0209. The summed E-state index contributed by atoms with van der Waals surface area (Å²) in [7, 11) is 0. The first-order valence-electron chi connectivity index (χ1n) is 10.7. The molecular weight excluding hydrogens is 468 g/mol. The zero-order valence-corrected chi connectivity index (χ0v) is 19.2. The molecule has 0 aromatic heterocycles. The maximum Gasteiger partial charge on any atom is 0.326 e. The Bertz CT molecular complexity index is 806. The maximum absolute atomic E-state index is 12.8. The Kier molecular flexibility index (Phi) is 14.2. The van der Waals surface area contributed by atoms with Crippen molar-refractivity contribution in [2.45, 2.75) is 69.1 Å². The van der Waals surface area contributed by atoms with E-state index in [1.165, 1.54) is 0 Å². The molecule has 0 rings (SSSR count). The molecule has 0 saturated heterocycles. The smallest absolute Gasteiger partial charge is 0.326 e. The van der Waals surface area contributed by atoms with E-state index in [0.29, 0.717) is 12.8 Å². The second-order valence-corrected chi connectivity index (χ2v) is 7.76. The van der Waals surface area contributed by atoms with Crippen LogP contribution in [0.2, 0.25) is 0 Å². The molecule has 0 aromatic carbocycles. The highest BCUT2D eigenvalue weighted by Crippen LogP contribution is 2.05. The van der Waals surface area contributed by atoms with E-state index in [2.05, 4.69) is 16.0 Å². The van der Waals surface area contributed by atoms with E-state index in [4.69, 9.17) is 28.7 Å². The SMILES string of the molecule is NCCCCC(NC(=O)C(CC(N)=O)NC(=O)C(N)CCC(N)=O)C(=O)NC(CC(N)=O)C(=O)O. The first-order chi connectivity index (χ1) is 16.3. The van der Waals surface area contributed by atoms with Gasteiger partial charge in [0.1, 0.15) is 18.1 Å². The monoisotopic (exact) mass is 502 g/mol. The van der Waals surface area contributed by atoms with E-state index >= 15 is 0 Å². The van der Waals surface area contributed by atoms with Gasteiger partial charge < -0.3 is 49.7 Å². The van der Waals surface area contributed by atoms with Crippen LogP contribution < -0.4 is 44.6 Å². The van der Waals surface area contributed by atoms with Crippen molar-refractivity contribution in [1.82, 2.24) is 16.0 Å². The van der Waals surface area contributed by atoms with Crippen molar-refractivity contribution in [1.29, 1.82) is 0 Å². The van der Waals surface area contributed by atoms with Gasteiger partial charge in [0.05, 0.1) is 18.9 Å². The van der Waals surface area contributed by atoms with Gasteiger partial charge in [-0.2, -0.15) is 0 Å². The van der Waals surface area contributed by atoms with Crippen LogP contribution in [0, 0.1) is 0 Å². The van der Waals surface area contributed by atoms with E-state index in [0.717, 1.165) is 0 Å². The van der Waals surface area contributed by atoms with Crippen LogP contribution in [0.4, 0.5) is 0 Å². The molecule has 0 bridgehead atoms. The van der Waals surface area contributed by atoms with Crippen molar-refractivity contribution in [3.05, 3.63) is 0 Å². The molecular formula is C19H34N8O8. The fourth-order valence-corrected chi connectivity index (χ4v) is 2.83. The lowest BCUT2D eigenvalue weighted by Crippen LogP contribution is -2.58. The van der Waals surface area contributed by atoms with Gasteiger partial charge in [-0.05, 0) is 32.2 Å². The van der Waals surface area contributed by atoms with Gasteiger partial charge in [-0.3, -0.25) is 28.8 Å².